The zero-order valence-corrected chi connectivity index (χ0v) is 8.63. The third-order valence-corrected chi connectivity index (χ3v) is 3.98. The Balaban J connectivity index is 1.78. The van der Waals surface area contributed by atoms with Gasteiger partial charge in [0.15, 0.2) is 0 Å². The highest BCUT2D eigenvalue weighted by Gasteiger charge is 2.56. The second-order valence-electron chi connectivity index (χ2n) is 4.65. The lowest BCUT2D eigenvalue weighted by Gasteiger charge is -2.17. The fraction of sp³-hybridized carbons (Fsp3) is 0.636. The Morgan fingerprint density at radius 1 is 1.27 bits per heavy atom. The van der Waals surface area contributed by atoms with Crippen molar-refractivity contribution < 1.29 is 0 Å². The first-order chi connectivity index (χ1) is 7.42. The van der Waals surface area contributed by atoms with E-state index in [1.807, 2.05) is 12.4 Å². The molecule has 1 aromatic rings. The summed E-state index contributed by atoms with van der Waals surface area (Å²) in [5.74, 6) is 8.15. The van der Waals surface area contributed by atoms with Crippen molar-refractivity contribution in [2.45, 2.75) is 25.3 Å². The summed E-state index contributed by atoms with van der Waals surface area (Å²) in [6.07, 6.45) is 9.44. The molecule has 80 valence electrons. The Labute approximate surface area is 89.3 Å². The first-order valence-electron chi connectivity index (χ1n) is 5.63. The Bertz CT molecular complexity index is 330. The van der Waals surface area contributed by atoms with Crippen LogP contribution in [0.3, 0.4) is 0 Å². The van der Waals surface area contributed by atoms with Crippen LogP contribution in [0.15, 0.2) is 18.7 Å². The zero-order valence-electron chi connectivity index (χ0n) is 8.63. The van der Waals surface area contributed by atoms with Crippen LogP contribution >= 0.6 is 0 Å². The largest absolute Gasteiger partial charge is 0.271 e. The van der Waals surface area contributed by atoms with Crippen LogP contribution < -0.4 is 11.3 Å². The van der Waals surface area contributed by atoms with Gasteiger partial charge < -0.3 is 0 Å². The Kier molecular flexibility index (Phi) is 2.18. The third-order valence-electron chi connectivity index (χ3n) is 3.98. The standard InChI is InChI=1S/C11H16N4/c12-15-11(7-4-13-6-14-5-7)10-8-2-1-3-9(8)10/h4-6,8-11,15H,1-3,12H2. The van der Waals surface area contributed by atoms with Crippen molar-refractivity contribution in [1.29, 1.82) is 0 Å². The molecule has 0 aliphatic heterocycles. The average molecular weight is 204 g/mol. The molecule has 4 heteroatoms. The fourth-order valence-electron chi connectivity index (χ4n) is 3.27. The van der Waals surface area contributed by atoms with Crippen LogP contribution in [0.2, 0.25) is 0 Å². The lowest BCUT2D eigenvalue weighted by molar-refractivity contribution is 0.423. The number of hydrogen-bond donors (Lipinski definition) is 2. The first-order valence-corrected chi connectivity index (χ1v) is 5.63. The van der Waals surface area contributed by atoms with Crippen molar-refractivity contribution in [2.75, 3.05) is 0 Å². The number of nitrogens with two attached hydrogens (primary N) is 1. The van der Waals surface area contributed by atoms with Crippen molar-refractivity contribution in [3.63, 3.8) is 0 Å². The summed E-state index contributed by atoms with van der Waals surface area (Å²) >= 11 is 0. The molecular formula is C11H16N4. The van der Waals surface area contributed by atoms with Crippen molar-refractivity contribution in [2.24, 2.45) is 23.6 Å². The van der Waals surface area contributed by atoms with Gasteiger partial charge in [0.05, 0.1) is 6.04 Å². The summed E-state index contributed by atoms with van der Waals surface area (Å²) in [5.41, 5.74) is 4.05. The van der Waals surface area contributed by atoms with Gasteiger partial charge in [0.25, 0.3) is 0 Å². The molecule has 1 aromatic heterocycles. The number of hydrogen-bond acceptors (Lipinski definition) is 4. The highest BCUT2D eigenvalue weighted by Crippen LogP contribution is 2.61. The van der Waals surface area contributed by atoms with E-state index >= 15 is 0 Å². The van der Waals surface area contributed by atoms with Gasteiger partial charge in [-0.2, -0.15) is 0 Å². The van der Waals surface area contributed by atoms with Crippen LogP contribution in [0.1, 0.15) is 30.9 Å². The highest BCUT2D eigenvalue weighted by atomic mass is 15.2. The third kappa shape index (κ3) is 1.44. The molecule has 15 heavy (non-hydrogen) atoms. The van der Waals surface area contributed by atoms with Gasteiger partial charge in [-0.15, -0.1) is 0 Å². The molecule has 0 amide bonds. The Morgan fingerprint density at radius 2 is 1.93 bits per heavy atom. The van der Waals surface area contributed by atoms with Crippen LogP contribution in [-0.4, -0.2) is 9.97 Å². The minimum Gasteiger partial charge on any atom is -0.271 e. The molecule has 0 aromatic carbocycles. The van der Waals surface area contributed by atoms with Gasteiger partial charge in [-0.1, -0.05) is 6.42 Å². The smallest absolute Gasteiger partial charge is 0.115 e. The van der Waals surface area contributed by atoms with Gasteiger partial charge >= 0.3 is 0 Å². The predicted molar refractivity (Wildman–Crippen MR) is 56.4 cm³/mol. The molecule has 3 rings (SSSR count). The minimum absolute atomic E-state index is 0.251. The van der Waals surface area contributed by atoms with Crippen LogP contribution in [0.25, 0.3) is 0 Å². The number of nitrogens with one attached hydrogen (secondary N) is 1. The summed E-state index contributed by atoms with van der Waals surface area (Å²) in [6, 6.07) is 0.251. The second kappa shape index (κ2) is 3.54. The van der Waals surface area contributed by atoms with Gasteiger partial charge in [-0.3, -0.25) is 11.3 Å². The molecule has 1 heterocycles. The van der Waals surface area contributed by atoms with Gasteiger partial charge in [0.1, 0.15) is 6.33 Å². The summed E-state index contributed by atoms with van der Waals surface area (Å²) < 4.78 is 0. The topological polar surface area (TPSA) is 63.8 Å². The van der Waals surface area contributed by atoms with E-state index in [1.54, 1.807) is 6.33 Å². The van der Waals surface area contributed by atoms with E-state index in [2.05, 4.69) is 15.4 Å². The van der Waals surface area contributed by atoms with Crippen LogP contribution in [0.5, 0.6) is 0 Å². The molecule has 0 saturated heterocycles. The summed E-state index contributed by atoms with van der Waals surface area (Å²) in [4.78, 5) is 8.10. The average Bonchev–Trinajstić information content (AvgIpc) is 2.76. The highest BCUT2D eigenvalue weighted by molar-refractivity contribution is 5.17. The van der Waals surface area contributed by atoms with E-state index < -0.39 is 0 Å². The van der Waals surface area contributed by atoms with E-state index in [1.165, 1.54) is 19.3 Å². The lowest BCUT2D eigenvalue weighted by atomic mass is 10.00. The van der Waals surface area contributed by atoms with E-state index in [0.717, 1.165) is 23.3 Å². The normalized spacial score (nSPS) is 34.9. The quantitative estimate of drug-likeness (QED) is 0.570. The second-order valence-corrected chi connectivity index (χ2v) is 4.65. The van der Waals surface area contributed by atoms with Crippen LogP contribution in [0.4, 0.5) is 0 Å². The summed E-state index contributed by atoms with van der Waals surface area (Å²) in [6.45, 7) is 0. The molecule has 3 N–H and O–H groups in total. The number of aromatic nitrogens is 2. The van der Waals surface area contributed by atoms with E-state index in [9.17, 15) is 0 Å². The van der Waals surface area contributed by atoms with Crippen molar-refractivity contribution in [1.82, 2.24) is 15.4 Å². The molecule has 0 spiro atoms. The number of rotatable bonds is 3. The molecular weight excluding hydrogens is 188 g/mol. The van der Waals surface area contributed by atoms with E-state index in [-0.39, 0.29) is 6.04 Å². The molecule has 4 nitrogen and oxygen atoms in total. The number of fused-ring (bicyclic) bond motifs is 1. The first kappa shape index (κ1) is 9.24. The van der Waals surface area contributed by atoms with Gasteiger partial charge in [0.2, 0.25) is 0 Å². The summed E-state index contributed by atoms with van der Waals surface area (Å²) in [5, 5.41) is 0. The molecule has 3 atom stereocenters. The molecule has 3 unspecified atom stereocenters. The van der Waals surface area contributed by atoms with Crippen LogP contribution in [0, 0.1) is 17.8 Å². The number of nitrogens with zero attached hydrogens (tertiary/aromatic N) is 2. The molecule has 0 bridgehead atoms. The minimum atomic E-state index is 0.251. The SMILES string of the molecule is NNC(c1cncnc1)C1C2CCCC21. The predicted octanol–water partition coefficient (Wildman–Crippen LogP) is 1.03. The maximum absolute atomic E-state index is 5.64. The van der Waals surface area contributed by atoms with Gasteiger partial charge in [-0.05, 0) is 30.6 Å². The fourth-order valence-corrected chi connectivity index (χ4v) is 3.27. The van der Waals surface area contributed by atoms with Crippen molar-refractivity contribution in [3.05, 3.63) is 24.3 Å². The summed E-state index contributed by atoms with van der Waals surface area (Å²) in [7, 11) is 0. The molecule has 2 saturated carbocycles. The monoisotopic (exact) mass is 204 g/mol. The lowest BCUT2D eigenvalue weighted by Crippen LogP contribution is -2.30. The van der Waals surface area contributed by atoms with Crippen molar-refractivity contribution in [3.8, 4) is 0 Å². The molecule has 0 radical (unpaired) electrons. The van der Waals surface area contributed by atoms with E-state index in [0.29, 0.717) is 0 Å². The van der Waals surface area contributed by atoms with Crippen molar-refractivity contribution >= 4 is 0 Å². The Morgan fingerprint density at radius 3 is 2.53 bits per heavy atom. The van der Waals surface area contributed by atoms with Gasteiger partial charge in [0, 0.05) is 18.0 Å². The van der Waals surface area contributed by atoms with Crippen LogP contribution in [-0.2, 0) is 0 Å². The zero-order chi connectivity index (χ0) is 10.3. The molecule has 2 aliphatic rings. The maximum atomic E-state index is 5.64. The maximum Gasteiger partial charge on any atom is 0.115 e. The van der Waals surface area contributed by atoms with Gasteiger partial charge in [-0.25, -0.2) is 9.97 Å². The number of hydrazine groups is 1. The van der Waals surface area contributed by atoms with E-state index in [4.69, 9.17) is 5.84 Å². The molecule has 2 fully saturated rings. The Hall–Kier alpha value is -1.00. The molecule has 2 aliphatic carbocycles.